The van der Waals surface area contributed by atoms with Gasteiger partial charge in [-0.2, -0.15) is 0 Å². The van der Waals surface area contributed by atoms with Gasteiger partial charge in [0.2, 0.25) is 11.8 Å². The number of benzene rings is 1. The van der Waals surface area contributed by atoms with E-state index in [4.69, 9.17) is 11.5 Å². The number of aromatic nitrogens is 2. The van der Waals surface area contributed by atoms with E-state index >= 15 is 0 Å². The van der Waals surface area contributed by atoms with E-state index in [0.717, 1.165) is 0 Å². The van der Waals surface area contributed by atoms with Crippen LogP contribution in [-0.2, 0) is 22.7 Å². The molecule has 0 fully saturated rings. The number of carbonyl (C=O) groups excluding carboxylic acids is 2. The number of hydrogen-bond donors (Lipinski definition) is 2. The van der Waals surface area contributed by atoms with Gasteiger partial charge >= 0.3 is 5.69 Å². The van der Waals surface area contributed by atoms with E-state index in [1.165, 1.54) is 9.13 Å². The van der Waals surface area contributed by atoms with Gasteiger partial charge in [0.05, 0.1) is 11.0 Å². The number of primary amides is 2. The number of amides is 2. The molecule has 7 heteroatoms. The van der Waals surface area contributed by atoms with Crippen molar-refractivity contribution in [1.82, 2.24) is 9.13 Å². The van der Waals surface area contributed by atoms with E-state index in [9.17, 15) is 14.4 Å². The SMILES string of the molecule is NC(=O)CCn1c(=O)n(CCC(N)=O)c2ccccc21. The fourth-order valence-corrected chi connectivity index (χ4v) is 2.15. The predicted octanol–water partition coefficient (Wildman–Crippen LogP) is -0.446. The molecule has 0 aliphatic heterocycles. The minimum absolute atomic E-state index is 0.0870. The highest BCUT2D eigenvalue weighted by molar-refractivity contribution is 5.78. The predicted molar refractivity (Wildman–Crippen MR) is 73.8 cm³/mol. The standard InChI is InChI=1S/C13H16N4O3/c14-11(18)5-7-16-9-3-1-2-4-10(9)17(13(16)20)8-6-12(15)19/h1-4H,5-8H2,(H2,14,18)(H2,15,19). The number of nitrogens with two attached hydrogens (primary N) is 2. The first-order valence-corrected chi connectivity index (χ1v) is 6.25. The summed E-state index contributed by atoms with van der Waals surface area (Å²) in [7, 11) is 0. The van der Waals surface area contributed by atoms with Gasteiger partial charge < -0.3 is 11.5 Å². The molecule has 0 aliphatic carbocycles. The van der Waals surface area contributed by atoms with Crippen molar-refractivity contribution in [3.63, 3.8) is 0 Å². The maximum absolute atomic E-state index is 12.3. The third-order valence-electron chi connectivity index (χ3n) is 3.09. The van der Waals surface area contributed by atoms with E-state index in [2.05, 4.69) is 0 Å². The Morgan fingerprint density at radius 1 is 0.900 bits per heavy atom. The second kappa shape index (κ2) is 5.60. The monoisotopic (exact) mass is 276 g/mol. The summed E-state index contributed by atoms with van der Waals surface area (Å²) in [6, 6.07) is 7.19. The second-order valence-corrected chi connectivity index (χ2v) is 4.51. The molecule has 0 radical (unpaired) electrons. The van der Waals surface area contributed by atoms with Crippen molar-refractivity contribution in [2.75, 3.05) is 0 Å². The Labute approximate surface area is 114 Å². The molecule has 2 rings (SSSR count). The van der Waals surface area contributed by atoms with E-state index in [1.807, 2.05) is 0 Å². The number of carbonyl (C=O) groups is 2. The lowest BCUT2D eigenvalue weighted by Gasteiger charge is -2.00. The van der Waals surface area contributed by atoms with Gasteiger partial charge in [-0.1, -0.05) is 12.1 Å². The Morgan fingerprint density at radius 3 is 1.65 bits per heavy atom. The minimum Gasteiger partial charge on any atom is -0.370 e. The van der Waals surface area contributed by atoms with Gasteiger partial charge in [0.1, 0.15) is 0 Å². The third kappa shape index (κ3) is 2.71. The highest BCUT2D eigenvalue weighted by atomic mass is 16.2. The van der Waals surface area contributed by atoms with Gasteiger partial charge in [-0.3, -0.25) is 18.7 Å². The summed E-state index contributed by atoms with van der Waals surface area (Å²) in [6.07, 6.45) is 0.174. The Bertz CT molecular complexity index is 656. The smallest absolute Gasteiger partial charge is 0.329 e. The molecule has 0 unspecified atom stereocenters. The maximum Gasteiger partial charge on any atom is 0.329 e. The molecular weight excluding hydrogens is 260 g/mol. The Hall–Kier alpha value is -2.57. The van der Waals surface area contributed by atoms with E-state index < -0.39 is 11.8 Å². The van der Waals surface area contributed by atoms with Crippen molar-refractivity contribution in [2.45, 2.75) is 25.9 Å². The Morgan fingerprint density at radius 2 is 1.30 bits per heavy atom. The minimum atomic E-state index is -0.467. The van der Waals surface area contributed by atoms with E-state index in [1.54, 1.807) is 24.3 Å². The zero-order valence-corrected chi connectivity index (χ0v) is 10.9. The summed E-state index contributed by atoms with van der Waals surface area (Å²) in [5.41, 5.74) is 11.4. The van der Waals surface area contributed by atoms with Crippen LogP contribution in [0.2, 0.25) is 0 Å². The largest absolute Gasteiger partial charge is 0.370 e. The summed E-state index contributed by atoms with van der Waals surface area (Å²) in [5, 5.41) is 0. The molecule has 4 N–H and O–H groups in total. The summed E-state index contributed by atoms with van der Waals surface area (Å²) >= 11 is 0. The molecule has 0 saturated carbocycles. The first-order chi connectivity index (χ1) is 9.50. The zero-order chi connectivity index (χ0) is 14.7. The quantitative estimate of drug-likeness (QED) is 0.745. The number of hydrogen-bond acceptors (Lipinski definition) is 3. The summed E-state index contributed by atoms with van der Waals surface area (Å²) in [4.78, 5) is 34.1. The van der Waals surface area contributed by atoms with Crippen LogP contribution in [0.15, 0.2) is 29.1 Å². The lowest BCUT2D eigenvalue weighted by atomic mass is 10.3. The molecule has 1 heterocycles. The third-order valence-corrected chi connectivity index (χ3v) is 3.09. The average molecular weight is 276 g/mol. The van der Waals surface area contributed by atoms with Crippen LogP contribution in [0.4, 0.5) is 0 Å². The molecular formula is C13H16N4O3. The van der Waals surface area contributed by atoms with Crippen LogP contribution in [0.1, 0.15) is 12.8 Å². The van der Waals surface area contributed by atoms with Crippen LogP contribution in [0, 0.1) is 0 Å². The van der Waals surface area contributed by atoms with Crippen molar-refractivity contribution < 1.29 is 9.59 Å². The Kier molecular flexibility index (Phi) is 3.88. The van der Waals surface area contributed by atoms with Crippen molar-refractivity contribution in [2.24, 2.45) is 11.5 Å². The molecule has 2 aromatic rings. The number of aryl methyl sites for hydroxylation is 2. The summed E-state index contributed by atoms with van der Waals surface area (Å²) < 4.78 is 2.97. The molecule has 0 saturated heterocycles. The molecule has 0 aliphatic rings. The van der Waals surface area contributed by atoms with Gasteiger partial charge in [-0.15, -0.1) is 0 Å². The molecule has 0 atom stereocenters. The lowest BCUT2D eigenvalue weighted by molar-refractivity contribution is -0.119. The number of fused-ring (bicyclic) bond motifs is 1. The molecule has 0 spiro atoms. The van der Waals surface area contributed by atoms with Crippen molar-refractivity contribution in [3.05, 3.63) is 34.7 Å². The van der Waals surface area contributed by atoms with Crippen LogP contribution in [-0.4, -0.2) is 20.9 Å². The Balaban J connectivity index is 2.46. The van der Waals surface area contributed by atoms with Crippen LogP contribution in [0.3, 0.4) is 0 Å². The van der Waals surface area contributed by atoms with Gasteiger partial charge in [0, 0.05) is 25.9 Å². The number of para-hydroxylation sites is 2. The first-order valence-electron chi connectivity index (χ1n) is 6.25. The van der Waals surface area contributed by atoms with Gasteiger partial charge in [-0.25, -0.2) is 4.79 Å². The fourth-order valence-electron chi connectivity index (χ4n) is 2.15. The molecule has 106 valence electrons. The average Bonchev–Trinajstić information content (AvgIpc) is 2.66. The molecule has 1 aromatic heterocycles. The maximum atomic E-state index is 12.3. The van der Waals surface area contributed by atoms with E-state index in [0.29, 0.717) is 11.0 Å². The zero-order valence-electron chi connectivity index (χ0n) is 10.9. The van der Waals surface area contributed by atoms with Crippen molar-refractivity contribution >= 4 is 22.8 Å². The first kappa shape index (κ1) is 13.9. The molecule has 2 amide bonds. The second-order valence-electron chi connectivity index (χ2n) is 4.51. The van der Waals surface area contributed by atoms with Crippen molar-refractivity contribution in [1.29, 1.82) is 0 Å². The lowest BCUT2D eigenvalue weighted by Crippen LogP contribution is -2.27. The number of rotatable bonds is 6. The van der Waals surface area contributed by atoms with Gasteiger partial charge in [0.25, 0.3) is 0 Å². The number of imidazole rings is 1. The van der Waals surface area contributed by atoms with Crippen LogP contribution < -0.4 is 17.2 Å². The molecule has 20 heavy (non-hydrogen) atoms. The van der Waals surface area contributed by atoms with Gasteiger partial charge in [0.15, 0.2) is 0 Å². The summed E-state index contributed by atoms with van der Waals surface area (Å²) in [5.74, 6) is -0.934. The van der Waals surface area contributed by atoms with Crippen LogP contribution in [0.25, 0.3) is 11.0 Å². The van der Waals surface area contributed by atoms with Gasteiger partial charge in [-0.05, 0) is 12.1 Å². The molecule has 7 nitrogen and oxygen atoms in total. The van der Waals surface area contributed by atoms with E-state index in [-0.39, 0.29) is 31.6 Å². The highest BCUT2D eigenvalue weighted by Gasteiger charge is 2.13. The summed E-state index contributed by atoms with van der Waals surface area (Å²) in [6.45, 7) is 0.441. The topological polar surface area (TPSA) is 113 Å². The van der Waals surface area contributed by atoms with Crippen LogP contribution in [0.5, 0.6) is 0 Å². The van der Waals surface area contributed by atoms with Crippen molar-refractivity contribution in [3.8, 4) is 0 Å². The highest BCUT2D eigenvalue weighted by Crippen LogP contribution is 2.13. The number of nitrogens with zero attached hydrogens (tertiary/aromatic N) is 2. The normalized spacial score (nSPS) is 10.8. The molecule has 0 bridgehead atoms. The molecule has 1 aromatic carbocycles. The van der Waals surface area contributed by atoms with Crippen LogP contribution >= 0.6 is 0 Å². The fraction of sp³-hybridized carbons (Fsp3) is 0.308.